The number of piperazine rings is 1. The summed E-state index contributed by atoms with van der Waals surface area (Å²) < 4.78 is 37.9. The van der Waals surface area contributed by atoms with Crippen molar-refractivity contribution in [2.75, 3.05) is 42.9 Å². The number of aromatic nitrogens is 2. The Morgan fingerprint density at radius 2 is 1.78 bits per heavy atom. The molecule has 1 amide bonds. The summed E-state index contributed by atoms with van der Waals surface area (Å²) in [6.45, 7) is 2.92. The molecule has 1 N–H and O–H groups in total. The van der Waals surface area contributed by atoms with Crippen LogP contribution in [0.5, 0.6) is 0 Å². The highest BCUT2D eigenvalue weighted by Crippen LogP contribution is 2.27. The lowest BCUT2D eigenvalue weighted by Gasteiger charge is -2.36. The van der Waals surface area contributed by atoms with Crippen LogP contribution >= 0.6 is 0 Å². The van der Waals surface area contributed by atoms with Gasteiger partial charge >= 0.3 is 6.18 Å². The minimum absolute atomic E-state index is 0.0396. The van der Waals surface area contributed by atoms with Crippen molar-refractivity contribution in [2.45, 2.75) is 12.6 Å². The van der Waals surface area contributed by atoms with Gasteiger partial charge in [-0.15, -0.1) is 0 Å². The minimum atomic E-state index is -4.52. The number of nitrogens with zero attached hydrogens (tertiary/aromatic N) is 4. The molecule has 2 heterocycles. The van der Waals surface area contributed by atoms with Crippen molar-refractivity contribution in [2.24, 2.45) is 0 Å². The van der Waals surface area contributed by atoms with Gasteiger partial charge in [-0.1, -0.05) is 18.2 Å². The number of amides is 1. The Bertz CT molecular complexity index is 761. The van der Waals surface area contributed by atoms with Crippen LogP contribution in [-0.4, -0.2) is 53.5 Å². The van der Waals surface area contributed by atoms with Gasteiger partial charge in [0.15, 0.2) is 0 Å². The Morgan fingerprint density at radius 3 is 2.44 bits per heavy atom. The SMILES string of the molecule is O=C(CCNc1nccc(C(F)(F)F)n1)N1CCN(c2ccccc2)CC1. The van der Waals surface area contributed by atoms with Gasteiger partial charge in [0.25, 0.3) is 0 Å². The normalized spacial score (nSPS) is 14.9. The van der Waals surface area contributed by atoms with Crippen molar-refractivity contribution < 1.29 is 18.0 Å². The van der Waals surface area contributed by atoms with E-state index in [2.05, 4.69) is 20.2 Å². The summed E-state index contributed by atoms with van der Waals surface area (Å²) in [6, 6.07) is 10.8. The van der Waals surface area contributed by atoms with Crippen molar-refractivity contribution in [1.29, 1.82) is 0 Å². The van der Waals surface area contributed by atoms with E-state index in [1.54, 1.807) is 4.90 Å². The van der Waals surface area contributed by atoms with Crippen molar-refractivity contribution in [1.82, 2.24) is 14.9 Å². The fraction of sp³-hybridized carbons (Fsp3) is 0.389. The van der Waals surface area contributed by atoms with E-state index in [4.69, 9.17) is 0 Å². The molecule has 1 aliphatic heterocycles. The summed E-state index contributed by atoms with van der Waals surface area (Å²) in [5.74, 6) is -0.172. The number of carbonyl (C=O) groups is 1. The Labute approximate surface area is 155 Å². The third kappa shape index (κ3) is 5.08. The molecule has 1 fully saturated rings. The number of anilines is 2. The Morgan fingerprint density at radius 1 is 1.07 bits per heavy atom. The second-order valence-corrected chi connectivity index (χ2v) is 6.14. The number of hydrogen-bond donors (Lipinski definition) is 1. The highest BCUT2D eigenvalue weighted by molar-refractivity contribution is 5.77. The summed E-state index contributed by atoms with van der Waals surface area (Å²) in [7, 11) is 0. The van der Waals surface area contributed by atoms with Gasteiger partial charge < -0.3 is 15.1 Å². The number of alkyl halides is 3. The summed E-state index contributed by atoms with van der Waals surface area (Å²) >= 11 is 0. The van der Waals surface area contributed by atoms with Crippen molar-refractivity contribution in [3.63, 3.8) is 0 Å². The third-order valence-corrected chi connectivity index (χ3v) is 4.32. The zero-order chi connectivity index (χ0) is 19.3. The first-order chi connectivity index (χ1) is 12.9. The topological polar surface area (TPSA) is 61.4 Å². The summed E-state index contributed by atoms with van der Waals surface area (Å²) in [6.07, 6.45) is -3.30. The lowest BCUT2D eigenvalue weighted by molar-refractivity contribution is -0.141. The first-order valence-corrected chi connectivity index (χ1v) is 8.65. The minimum Gasteiger partial charge on any atom is -0.368 e. The molecular weight excluding hydrogens is 359 g/mol. The van der Waals surface area contributed by atoms with Gasteiger partial charge in [0.05, 0.1) is 0 Å². The Kier molecular flexibility index (Phi) is 5.78. The molecule has 27 heavy (non-hydrogen) atoms. The van der Waals surface area contributed by atoms with Crippen LogP contribution in [-0.2, 0) is 11.0 Å². The van der Waals surface area contributed by atoms with Crippen LogP contribution < -0.4 is 10.2 Å². The van der Waals surface area contributed by atoms with Crippen LogP contribution in [0.3, 0.4) is 0 Å². The third-order valence-electron chi connectivity index (χ3n) is 4.32. The summed E-state index contributed by atoms with van der Waals surface area (Å²) in [4.78, 5) is 23.5. The molecule has 1 aliphatic rings. The van der Waals surface area contributed by atoms with Crippen molar-refractivity contribution in [3.05, 3.63) is 48.3 Å². The maximum absolute atomic E-state index is 12.6. The number of carbonyl (C=O) groups excluding carboxylic acids is 1. The zero-order valence-electron chi connectivity index (χ0n) is 14.6. The number of para-hydroxylation sites is 1. The standard InChI is InChI=1S/C18H20F3N5O/c19-18(20,21)15-6-8-22-17(24-15)23-9-7-16(27)26-12-10-25(11-13-26)14-4-2-1-3-5-14/h1-6,8H,7,9-13H2,(H,22,23,24). The van der Waals surface area contributed by atoms with E-state index in [1.807, 2.05) is 30.3 Å². The predicted octanol–water partition coefficient (Wildman–Crippen LogP) is 2.65. The molecule has 3 rings (SSSR count). The second kappa shape index (κ2) is 8.24. The predicted molar refractivity (Wildman–Crippen MR) is 95.4 cm³/mol. The number of halogens is 3. The zero-order valence-corrected chi connectivity index (χ0v) is 14.6. The van der Waals surface area contributed by atoms with E-state index in [-0.39, 0.29) is 24.8 Å². The van der Waals surface area contributed by atoms with Crippen LogP contribution in [0.4, 0.5) is 24.8 Å². The maximum Gasteiger partial charge on any atom is 0.433 e. The van der Waals surface area contributed by atoms with Gasteiger partial charge in [0, 0.05) is 51.0 Å². The molecule has 0 atom stereocenters. The maximum atomic E-state index is 12.6. The first kappa shape index (κ1) is 18.9. The highest BCUT2D eigenvalue weighted by atomic mass is 19.4. The fourth-order valence-electron chi connectivity index (χ4n) is 2.89. The lowest BCUT2D eigenvalue weighted by atomic mass is 10.2. The van der Waals surface area contributed by atoms with Crippen molar-refractivity contribution in [3.8, 4) is 0 Å². The van der Waals surface area contributed by atoms with Crippen LogP contribution in [0.1, 0.15) is 12.1 Å². The van der Waals surface area contributed by atoms with Gasteiger partial charge in [-0.25, -0.2) is 9.97 Å². The van der Waals surface area contributed by atoms with Crippen LogP contribution in [0.2, 0.25) is 0 Å². The molecule has 0 radical (unpaired) electrons. The molecule has 0 bridgehead atoms. The fourth-order valence-corrected chi connectivity index (χ4v) is 2.89. The monoisotopic (exact) mass is 379 g/mol. The molecule has 0 saturated carbocycles. The number of nitrogens with one attached hydrogen (secondary N) is 1. The second-order valence-electron chi connectivity index (χ2n) is 6.14. The molecule has 0 spiro atoms. The molecule has 1 aromatic carbocycles. The molecule has 0 unspecified atom stereocenters. The quantitative estimate of drug-likeness (QED) is 0.866. The van der Waals surface area contributed by atoms with Crippen LogP contribution in [0, 0.1) is 0 Å². The van der Waals surface area contributed by atoms with Crippen LogP contribution in [0.25, 0.3) is 0 Å². The summed E-state index contributed by atoms with van der Waals surface area (Å²) in [5, 5.41) is 2.68. The van der Waals surface area contributed by atoms with E-state index in [1.165, 1.54) is 0 Å². The summed E-state index contributed by atoms with van der Waals surface area (Å²) in [5.41, 5.74) is 0.122. The van der Waals surface area contributed by atoms with Gasteiger partial charge in [-0.2, -0.15) is 13.2 Å². The van der Waals surface area contributed by atoms with E-state index >= 15 is 0 Å². The molecular formula is C18H20F3N5O. The number of benzene rings is 1. The largest absolute Gasteiger partial charge is 0.433 e. The Balaban J connectivity index is 1.44. The average Bonchev–Trinajstić information content (AvgIpc) is 2.68. The van der Waals surface area contributed by atoms with E-state index < -0.39 is 11.9 Å². The Hall–Kier alpha value is -2.84. The van der Waals surface area contributed by atoms with E-state index in [0.717, 1.165) is 31.0 Å². The van der Waals surface area contributed by atoms with Crippen molar-refractivity contribution >= 4 is 17.5 Å². The molecule has 144 valence electrons. The molecule has 9 heteroatoms. The number of rotatable bonds is 5. The highest BCUT2D eigenvalue weighted by Gasteiger charge is 2.32. The van der Waals surface area contributed by atoms with E-state index in [0.29, 0.717) is 13.1 Å². The van der Waals surface area contributed by atoms with Gasteiger partial charge in [-0.05, 0) is 18.2 Å². The van der Waals surface area contributed by atoms with Gasteiger partial charge in [0.2, 0.25) is 11.9 Å². The first-order valence-electron chi connectivity index (χ1n) is 8.65. The number of hydrogen-bond acceptors (Lipinski definition) is 5. The molecule has 0 aliphatic carbocycles. The molecule has 2 aromatic rings. The molecule has 6 nitrogen and oxygen atoms in total. The average molecular weight is 379 g/mol. The van der Waals surface area contributed by atoms with Crippen LogP contribution in [0.15, 0.2) is 42.6 Å². The lowest BCUT2D eigenvalue weighted by Crippen LogP contribution is -2.49. The molecule has 1 aromatic heterocycles. The van der Waals surface area contributed by atoms with Gasteiger partial charge in [-0.3, -0.25) is 4.79 Å². The smallest absolute Gasteiger partial charge is 0.368 e. The van der Waals surface area contributed by atoms with E-state index in [9.17, 15) is 18.0 Å². The molecule has 1 saturated heterocycles. The van der Waals surface area contributed by atoms with Gasteiger partial charge in [0.1, 0.15) is 5.69 Å².